The normalized spacial score (nSPS) is 14.9. The van der Waals surface area contributed by atoms with E-state index in [-0.39, 0.29) is 17.5 Å². The Hall–Kier alpha value is -2.51. The van der Waals surface area contributed by atoms with Crippen molar-refractivity contribution >= 4 is 5.91 Å². The monoisotopic (exact) mass is 368 g/mol. The molecule has 2 heterocycles. The first-order valence-electron chi connectivity index (χ1n) is 8.18. The molecular weight excluding hydrogens is 349 g/mol. The quantitative estimate of drug-likeness (QED) is 0.802. The van der Waals surface area contributed by atoms with Gasteiger partial charge in [-0.15, -0.1) is 13.2 Å². The van der Waals surface area contributed by atoms with Crippen molar-refractivity contribution in [3.8, 4) is 5.75 Å². The summed E-state index contributed by atoms with van der Waals surface area (Å²) in [5.41, 5.74) is 0.246. The summed E-state index contributed by atoms with van der Waals surface area (Å²) < 4.78 is 47.5. The first kappa shape index (κ1) is 18.3. The van der Waals surface area contributed by atoms with Gasteiger partial charge in [-0.2, -0.15) is 0 Å². The molecule has 8 heteroatoms. The summed E-state index contributed by atoms with van der Waals surface area (Å²) >= 11 is 0. The molecule has 0 spiro atoms. The number of alkyl halides is 3. The van der Waals surface area contributed by atoms with Gasteiger partial charge in [0.15, 0.2) is 5.89 Å². The molecule has 1 aromatic carbocycles. The van der Waals surface area contributed by atoms with Crippen LogP contribution >= 0.6 is 0 Å². The van der Waals surface area contributed by atoms with Crippen molar-refractivity contribution in [3.63, 3.8) is 0 Å². The number of carbonyl (C=O) groups excluding carboxylic acids is 1. The van der Waals surface area contributed by atoms with E-state index in [4.69, 9.17) is 4.42 Å². The number of rotatable bonds is 2. The van der Waals surface area contributed by atoms with Crippen LogP contribution in [0.5, 0.6) is 5.75 Å². The Kier molecular flexibility index (Phi) is 4.46. The lowest BCUT2D eigenvalue weighted by Gasteiger charge is -2.26. The average molecular weight is 368 g/mol. The Balaban J connectivity index is 1.83. The fourth-order valence-electron chi connectivity index (χ4n) is 2.72. The summed E-state index contributed by atoms with van der Waals surface area (Å²) in [5, 5.41) is 0. The fourth-order valence-corrected chi connectivity index (χ4v) is 2.72. The van der Waals surface area contributed by atoms with Gasteiger partial charge in [-0.3, -0.25) is 4.79 Å². The number of oxazole rings is 1. The highest BCUT2D eigenvalue weighted by Gasteiger charge is 2.34. The third-order valence-electron chi connectivity index (χ3n) is 4.00. The van der Waals surface area contributed by atoms with Crippen LogP contribution in [0.1, 0.15) is 48.5 Å². The number of fused-ring (bicyclic) bond motifs is 1. The summed E-state index contributed by atoms with van der Waals surface area (Å²) in [4.78, 5) is 18.7. The standard InChI is InChI=1S/C18H19F3N2O3/c1-17(2,3)16-22-12-10-23(9-8-14(12)25-16)15(24)11-6-4-5-7-13(11)26-18(19,20)21/h4-7H,8-10H2,1-3H3. The lowest BCUT2D eigenvalue weighted by Crippen LogP contribution is -2.36. The zero-order valence-electron chi connectivity index (χ0n) is 14.7. The third-order valence-corrected chi connectivity index (χ3v) is 4.00. The average Bonchev–Trinajstić information content (AvgIpc) is 2.96. The smallest absolute Gasteiger partial charge is 0.445 e. The van der Waals surface area contributed by atoms with Crippen LogP contribution in [0.25, 0.3) is 0 Å². The highest BCUT2D eigenvalue weighted by atomic mass is 19.4. The second-order valence-corrected chi connectivity index (χ2v) is 7.16. The molecule has 26 heavy (non-hydrogen) atoms. The minimum Gasteiger partial charge on any atom is -0.445 e. The molecule has 3 rings (SSSR count). The molecule has 1 amide bonds. The van der Waals surface area contributed by atoms with Crippen molar-refractivity contribution in [1.82, 2.24) is 9.88 Å². The van der Waals surface area contributed by atoms with Gasteiger partial charge in [0.2, 0.25) is 0 Å². The highest BCUT2D eigenvalue weighted by Crippen LogP contribution is 2.30. The van der Waals surface area contributed by atoms with Crippen LogP contribution < -0.4 is 4.74 Å². The number of ether oxygens (including phenoxy) is 1. The van der Waals surface area contributed by atoms with Gasteiger partial charge in [0, 0.05) is 18.4 Å². The Labute approximate surface area is 148 Å². The minimum atomic E-state index is -4.86. The molecule has 140 valence electrons. The Morgan fingerprint density at radius 1 is 1.23 bits per heavy atom. The van der Waals surface area contributed by atoms with E-state index in [0.717, 1.165) is 11.8 Å². The molecule has 1 aliphatic rings. The molecule has 1 aromatic heterocycles. The second kappa shape index (κ2) is 6.34. The summed E-state index contributed by atoms with van der Waals surface area (Å²) in [6.45, 7) is 6.44. The second-order valence-electron chi connectivity index (χ2n) is 7.16. The van der Waals surface area contributed by atoms with Gasteiger partial charge in [0.25, 0.3) is 5.91 Å². The third kappa shape index (κ3) is 3.84. The van der Waals surface area contributed by atoms with Crippen molar-refractivity contribution in [2.45, 2.75) is 45.5 Å². The van der Waals surface area contributed by atoms with Crippen molar-refractivity contribution in [3.05, 3.63) is 47.2 Å². The lowest BCUT2D eigenvalue weighted by molar-refractivity contribution is -0.274. The maximum absolute atomic E-state index is 12.7. The van der Waals surface area contributed by atoms with Crippen LogP contribution in [0.2, 0.25) is 0 Å². The predicted molar refractivity (Wildman–Crippen MR) is 86.8 cm³/mol. The number of hydrogen-bond acceptors (Lipinski definition) is 4. The zero-order valence-corrected chi connectivity index (χ0v) is 14.7. The number of halogens is 3. The number of nitrogens with zero attached hydrogens (tertiary/aromatic N) is 2. The van der Waals surface area contributed by atoms with Crippen LogP contribution in [-0.2, 0) is 18.4 Å². The molecule has 0 bridgehead atoms. The van der Waals surface area contributed by atoms with Gasteiger partial charge >= 0.3 is 6.36 Å². The van der Waals surface area contributed by atoms with Crippen molar-refractivity contribution in [1.29, 1.82) is 0 Å². The van der Waals surface area contributed by atoms with Crippen molar-refractivity contribution in [2.75, 3.05) is 6.54 Å². The van der Waals surface area contributed by atoms with E-state index in [1.807, 2.05) is 20.8 Å². The van der Waals surface area contributed by atoms with E-state index in [2.05, 4.69) is 9.72 Å². The maximum Gasteiger partial charge on any atom is 0.573 e. The largest absolute Gasteiger partial charge is 0.573 e. The molecule has 0 saturated carbocycles. The van der Waals surface area contributed by atoms with Crippen LogP contribution in [0.3, 0.4) is 0 Å². The van der Waals surface area contributed by atoms with Crippen LogP contribution in [0, 0.1) is 0 Å². The van der Waals surface area contributed by atoms with Gasteiger partial charge in [-0.1, -0.05) is 32.9 Å². The minimum absolute atomic E-state index is 0.132. The van der Waals surface area contributed by atoms with Crippen LogP contribution in [0.15, 0.2) is 28.7 Å². The molecule has 2 aromatic rings. The maximum atomic E-state index is 12.7. The van der Waals surface area contributed by atoms with Gasteiger partial charge in [0.1, 0.15) is 17.2 Å². The molecule has 0 aliphatic carbocycles. The molecule has 0 N–H and O–H groups in total. The van der Waals surface area contributed by atoms with E-state index < -0.39 is 18.0 Å². The Bertz CT molecular complexity index is 822. The van der Waals surface area contributed by atoms with E-state index in [1.54, 1.807) is 0 Å². The van der Waals surface area contributed by atoms with Crippen LogP contribution in [-0.4, -0.2) is 28.7 Å². The van der Waals surface area contributed by atoms with E-state index >= 15 is 0 Å². The summed E-state index contributed by atoms with van der Waals surface area (Å²) in [6, 6.07) is 5.34. The first-order chi connectivity index (χ1) is 12.0. The molecule has 0 atom stereocenters. The summed E-state index contributed by atoms with van der Waals surface area (Å²) in [5.74, 6) is 0.263. The topological polar surface area (TPSA) is 55.6 Å². The molecule has 5 nitrogen and oxygen atoms in total. The number of amides is 1. The van der Waals surface area contributed by atoms with E-state index in [9.17, 15) is 18.0 Å². The number of aromatic nitrogens is 1. The molecule has 0 radical (unpaired) electrons. The van der Waals surface area contributed by atoms with Gasteiger partial charge in [0.05, 0.1) is 12.1 Å². The van der Waals surface area contributed by atoms with Crippen molar-refractivity contribution < 1.29 is 27.1 Å². The Morgan fingerprint density at radius 3 is 2.58 bits per heavy atom. The van der Waals surface area contributed by atoms with Gasteiger partial charge in [-0.25, -0.2) is 4.98 Å². The van der Waals surface area contributed by atoms with Gasteiger partial charge in [-0.05, 0) is 12.1 Å². The SMILES string of the molecule is CC(C)(C)c1nc2c(o1)CCN(C(=O)c1ccccc1OC(F)(F)F)C2. The summed E-state index contributed by atoms with van der Waals surface area (Å²) in [7, 11) is 0. The Morgan fingerprint density at radius 2 is 1.92 bits per heavy atom. The lowest BCUT2D eigenvalue weighted by atomic mass is 9.97. The molecule has 1 aliphatic heterocycles. The predicted octanol–water partition coefficient (Wildman–Crippen LogP) is 4.07. The molecular formula is C18H19F3N2O3. The van der Waals surface area contributed by atoms with Gasteiger partial charge < -0.3 is 14.1 Å². The highest BCUT2D eigenvalue weighted by molar-refractivity contribution is 5.97. The summed E-state index contributed by atoms with van der Waals surface area (Å²) in [6.07, 6.45) is -4.40. The number of benzene rings is 1. The number of carbonyl (C=O) groups is 1. The number of para-hydroxylation sites is 1. The zero-order chi connectivity index (χ0) is 19.1. The van der Waals surface area contributed by atoms with E-state index in [0.29, 0.717) is 24.6 Å². The van der Waals surface area contributed by atoms with Crippen molar-refractivity contribution in [2.24, 2.45) is 0 Å². The number of hydrogen-bond donors (Lipinski definition) is 0. The first-order valence-corrected chi connectivity index (χ1v) is 8.18. The molecule has 0 unspecified atom stereocenters. The molecule has 0 saturated heterocycles. The molecule has 0 fully saturated rings. The van der Waals surface area contributed by atoms with E-state index in [1.165, 1.54) is 23.1 Å². The fraction of sp³-hybridized carbons (Fsp3) is 0.444. The van der Waals surface area contributed by atoms with Crippen LogP contribution in [0.4, 0.5) is 13.2 Å².